The zero-order chi connectivity index (χ0) is 12.3. The molecular formula is C13H12N2O2. The van der Waals surface area contributed by atoms with E-state index in [2.05, 4.69) is 0 Å². The first-order chi connectivity index (χ1) is 8.20. The summed E-state index contributed by atoms with van der Waals surface area (Å²) < 4.78 is 0. The molecule has 4 heteroatoms. The first kappa shape index (κ1) is 11.3. The third-order valence-electron chi connectivity index (χ3n) is 2.85. The number of carbonyl (C=O) groups is 2. The van der Waals surface area contributed by atoms with Crippen molar-refractivity contribution in [3.63, 3.8) is 0 Å². The molecule has 1 aromatic rings. The molecule has 4 nitrogen and oxygen atoms in total. The Balaban J connectivity index is 2.14. The summed E-state index contributed by atoms with van der Waals surface area (Å²) in [5.74, 6) is 0.106. The fourth-order valence-corrected chi connectivity index (χ4v) is 1.86. The highest BCUT2D eigenvalue weighted by atomic mass is 16.2. The minimum atomic E-state index is -0.102. The SMILES string of the molecule is N#Cc1cccc(C(=O)N2CCC(=O)CC2)c1. The Bertz CT molecular complexity index is 492. The molecule has 0 aliphatic carbocycles. The summed E-state index contributed by atoms with van der Waals surface area (Å²) in [5, 5.41) is 8.77. The lowest BCUT2D eigenvalue weighted by atomic mass is 10.1. The number of amides is 1. The molecule has 1 heterocycles. The van der Waals surface area contributed by atoms with Crippen LogP contribution >= 0.6 is 0 Å². The Kier molecular flexibility index (Phi) is 3.20. The van der Waals surface area contributed by atoms with Crippen LogP contribution in [0.2, 0.25) is 0 Å². The molecular weight excluding hydrogens is 216 g/mol. The Hall–Kier alpha value is -2.15. The summed E-state index contributed by atoms with van der Waals surface area (Å²) in [6.45, 7) is 0.961. The molecule has 1 aliphatic heterocycles. The average Bonchev–Trinajstić information content (AvgIpc) is 2.39. The molecule has 17 heavy (non-hydrogen) atoms. The molecule has 0 aromatic heterocycles. The standard InChI is InChI=1S/C13H12N2O2/c14-9-10-2-1-3-11(8-10)13(17)15-6-4-12(16)5-7-15/h1-3,8H,4-7H2. The minimum absolute atomic E-state index is 0.102. The largest absolute Gasteiger partial charge is 0.338 e. The molecule has 0 unspecified atom stereocenters. The number of rotatable bonds is 1. The lowest BCUT2D eigenvalue weighted by molar-refractivity contribution is -0.120. The van der Waals surface area contributed by atoms with Gasteiger partial charge in [0.05, 0.1) is 11.6 Å². The Morgan fingerprint density at radius 3 is 2.65 bits per heavy atom. The number of nitrogens with zero attached hydrogens (tertiary/aromatic N) is 2. The third kappa shape index (κ3) is 2.51. The second-order valence-corrected chi connectivity index (χ2v) is 4.02. The van der Waals surface area contributed by atoms with E-state index in [0.29, 0.717) is 37.1 Å². The van der Waals surface area contributed by atoms with Crippen molar-refractivity contribution in [3.8, 4) is 6.07 Å². The Morgan fingerprint density at radius 1 is 1.29 bits per heavy atom. The maximum absolute atomic E-state index is 12.1. The number of carbonyl (C=O) groups excluding carboxylic acids is 2. The van der Waals surface area contributed by atoms with Crippen molar-refractivity contribution in [2.45, 2.75) is 12.8 Å². The van der Waals surface area contributed by atoms with Gasteiger partial charge in [-0.1, -0.05) is 6.07 Å². The summed E-state index contributed by atoms with van der Waals surface area (Å²) in [5.41, 5.74) is 0.988. The second-order valence-electron chi connectivity index (χ2n) is 4.02. The van der Waals surface area contributed by atoms with Crippen molar-refractivity contribution in [2.24, 2.45) is 0 Å². The smallest absolute Gasteiger partial charge is 0.253 e. The summed E-state index contributed by atoms with van der Waals surface area (Å²) >= 11 is 0. The van der Waals surface area contributed by atoms with Gasteiger partial charge in [0.15, 0.2) is 0 Å². The van der Waals surface area contributed by atoms with E-state index in [4.69, 9.17) is 5.26 Å². The van der Waals surface area contributed by atoms with Crippen LogP contribution in [0.4, 0.5) is 0 Å². The molecule has 1 fully saturated rings. The van der Waals surface area contributed by atoms with Crippen LogP contribution in [-0.2, 0) is 4.79 Å². The summed E-state index contributed by atoms with van der Waals surface area (Å²) in [6, 6.07) is 8.64. The molecule has 0 N–H and O–H groups in total. The van der Waals surface area contributed by atoms with Crippen LogP contribution in [0.15, 0.2) is 24.3 Å². The van der Waals surface area contributed by atoms with Crippen LogP contribution in [0.25, 0.3) is 0 Å². The van der Waals surface area contributed by atoms with Gasteiger partial charge in [0.1, 0.15) is 5.78 Å². The van der Waals surface area contributed by atoms with E-state index in [0.717, 1.165) is 0 Å². The van der Waals surface area contributed by atoms with Crippen LogP contribution in [0, 0.1) is 11.3 Å². The van der Waals surface area contributed by atoms with Gasteiger partial charge in [-0.2, -0.15) is 5.26 Å². The van der Waals surface area contributed by atoms with E-state index < -0.39 is 0 Å². The topological polar surface area (TPSA) is 61.2 Å². The van der Waals surface area contributed by atoms with E-state index in [9.17, 15) is 9.59 Å². The fourth-order valence-electron chi connectivity index (χ4n) is 1.86. The predicted molar refractivity (Wildman–Crippen MR) is 61.3 cm³/mol. The van der Waals surface area contributed by atoms with Crippen molar-refractivity contribution in [3.05, 3.63) is 35.4 Å². The highest BCUT2D eigenvalue weighted by Crippen LogP contribution is 2.12. The quantitative estimate of drug-likeness (QED) is 0.729. The van der Waals surface area contributed by atoms with E-state index in [1.54, 1.807) is 29.2 Å². The molecule has 0 bridgehead atoms. The molecule has 0 spiro atoms. The van der Waals surface area contributed by atoms with E-state index in [1.807, 2.05) is 6.07 Å². The van der Waals surface area contributed by atoms with Gasteiger partial charge in [-0.05, 0) is 18.2 Å². The monoisotopic (exact) mass is 228 g/mol. The molecule has 0 saturated carbocycles. The summed E-state index contributed by atoms with van der Waals surface area (Å²) in [6.07, 6.45) is 0.868. The summed E-state index contributed by atoms with van der Waals surface area (Å²) in [4.78, 5) is 24.8. The number of likely N-dealkylation sites (tertiary alicyclic amines) is 1. The first-order valence-corrected chi connectivity index (χ1v) is 5.52. The normalized spacial score (nSPS) is 15.5. The van der Waals surface area contributed by atoms with Gasteiger partial charge < -0.3 is 4.90 Å². The molecule has 86 valence electrons. The lowest BCUT2D eigenvalue weighted by Gasteiger charge is -2.26. The van der Waals surface area contributed by atoms with Crippen LogP contribution < -0.4 is 0 Å². The number of hydrogen-bond acceptors (Lipinski definition) is 3. The maximum atomic E-state index is 12.1. The molecule has 1 aliphatic rings. The van der Waals surface area contributed by atoms with Gasteiger partial charge in [0.25, 0.3) is 5.91 Å². The predicted octanol–water partition coefficient (Wildman–Crippen LogP) is 1.36. The van der Waals surface area contributed by atoms with E-state index in [-0.39, 0.29) is 11.7 Å². The van der Waals surface area contributed by atoms with Crippen LogP contribution in [0.1, 0.15) is 28.8 Å². The van der Waals surface area contributed by atoms with E-state index in [1.165, 1.54) is 0 Å². The third-order valence-corrected chi connectivity index (χ3v) is 2.85. The van der Waals surface area contributed by atoms with Gasteiger partial charge in [0, 0.05) is 31.5 Å². The number of Topliss-reactive ketones (excluding diaryl/α,β-unsaturated/α-hetero) is 1. The van der Waals surface area contributed by atoms with Crippen molar-refractivity contribution in [1.82, 2.24) is 4.90 Å². The van der Waals surface area contributed by atoms with Gasteiger partial charge in [-0.15, -0.1) is 0 Å². The van der Waals surface area contributed by atoms with Crippen LogP contribution in [0.3, 0.4) is 0 Å². The van der Waals surface area contributed by atoms with Gasteiger partial charge in [-0.3, -0.25) is 9.59 Å². The van der Waals surface area contributed by atoms with Crippen LogP contribution in [0.5, 0.6) is 0 Å². The lowest BCUT2D eigenvalue weighted by Crippen LogP contribution is -2.38. The first-order valence-electron chi connectivity index (χ1n) is 5.52. The Morgan fingerprint density at radius 2 is 2.00 bits per heavy atom. The molecule has 1 saturated heterocycles. The molecule has 1 aromatic carbocycles. The number of piperidine rings is 1. The zero-order valence-electron chi connectivity index (χ0n) is 9.35. The second kappa shape index (κ2) is 4.79. The minimum Gasteiger partial charge on any atom is -0.338 e. The maximum Gasteiger partial charge on any atom is 0.253 e. The van der Waals surface area contributed by atoms with Crippen molar-refractivity contribution in [1.29, 1.82) is 5.26 Å². The van der Waals surface area contributed by atoms with Crippen LogP contribution in [-0.4, -0.2) is 29.7 Å². The highest BCUT2D eigenvalue weighted by molar-refractivity contribution is 5.95. The molecule has 2 rings (SSSR count). The highest BCUT2D eigenvalue weighted by Gasteiger charge is 2.21. The van der Waals surface area contributed by atoms with E-state index >= 15 is 0 Å². The van der Waals surface area contributed by atoms with Gasteiger partial charge in [-0.25, -0.2) is 0 Å². The number of benzene rings is 1. The summed E-state index contributed by atoms with van der Waals surface area (Å²) in [7, 11) is 0. The van der Waals surface area contributed by atoms with Crippen molar-refractivity contribution < 1.29 is 9.59 Å². The zero-order valence-corrected chi connectivity index (χ0v) is 9.35. The Labute approximate surface area is 99.5 Å². The molecule has 0 radical (unpaired) electrons. The van der Waals surface area contributed by atoms with Crippen molar-refractivity contribution >= 4 is 11.7 Å². The van der Waals surface area contributed by atoms with Gasteiger partial charge >= 0.3 is 0 Å². The number of ketones is 1. The fraction of sp³-hybridized carbons (Fsp3) is 0.308. The molecule has 0 atom stereocenters. The van der Waals surface area contributed by atoms with Gasteiger partial charge in [0.2, 0.25) is 0 Å². The number of hydrogen-bond donors (Lipinski definition) is 0. The molecule has 1 amide bonds. The average molecular weight is 228 g/mol. The van der Waals surface area contributed by atoms with Crippen molar-refractivity contribution in [2.75, 3.05) is 13.1 Å². The number of nitriles is 1.